The largest absolute Gasteiger partial charge is 0.444 e. The van der Waals surface area contributed by atoms with Crippen LogP contribution in [0.25, 0.3) is 0 Å². The number of amides is 1. The zero-order valence-electron chi connectivity index (χ0n) is 10.2. The molecule has 1 rings (SSSR count). The highest BCUT2D eigenvalue weighted by Gasteiger charge is 2.17. The van der Waals surface area contributed by atoms with E-state index >= 15 is 0 Å². The third-order valence-electron chi connectivity index (χ3n) is 1.67. The molecule has 1 amide bonds. The molecule has 1 aromatic heterocycles. The number of carbonyl (C=O) groups is 1. The molecule has 0 saturated heterocycles. The Balaban J connectivity index is 2.50. The highest BCUT2D eigenvalue weighted by atomic mass is 32.1. The van der Waals surface area contributed by atoms with Crippen LogP contribution in [0, 0.1) is 0 Å². The molecule has 0 spiro atoms. The average Bonchev–Trinajstić information content (AvgIpc) is 2.49. The second kappa shape index (κ2) is 5.30. The van der Waals surface area contributed by atoms with Gasteiger partial charge in [-0.25, -0.2) is 9.78 Å². The van der Waals surface area contributed by atoms with E-state index in [0.717, 1.165) is 18.5 Å². The lowest BCUT2D eigenvalue weighted by Gasteiger charge is -2.18. The number of nitrogens with zero attached hydrogens (tertiary/aromatic N) is 1. The first-order chi connectivity index (χ1) is 7.40. The topological polar surface area (TPSA) is 51.2 Å². The van der Waals surface area contributed by atoms with Crippen LogP contribution in [-0.4, -0.2) is 16.7 Å². The number of hydrogen-bond acceptors (Lipinski definition) is 4. The molecule has 5 heteroatoms. The van der Waals surface area contributed by atoms with E-state index in [9.17, 15) is 4.79 Å². The van der Waals surface area contributed by atoms with Crippen molar-refractivity contribution in [1.82, 2.24) is 4.98 Å². The van der Waals surface area contributed by atoms with Crippen molar-refractivity contribution < 1.29 is 9.53 Å². The molecule has 0 aliphatic heterocycles. The summed E-state index contributed by atoms with van der Waals surface area (Å²) < 4.78 is 5.13. The SMILES string of the molecule is CCCc1csc(NC(=O)OC(C)(C)C)n1. The number of rotatable bonds is 3. The molecule has 90 valence electrons. The minimum Gasteiger partial charge on any atom is -0.444 e. The number of thiazole rings is 1. The van der Waals surface area contributed by atoms with Gasteiger partial charge in [-0.1, -0.05) is 13.3 Å². The lowest BCUT2D eigenvalue weighted by atomic mass is 10.2. The molecule has 0 radical (unpaired) electrons. The van der Waals surface area contributed by atoms with Gasteiger partial charge in [0, 0.05) is 5.38 Å². The second-order valence-corrected chi connectivity index (χ2v) is 5.38. The Labute approximate surface area is 100 Å². The fourth-order valence-electron chi connectivity index (χ4n) is 1.13. The summed E-state index contributed by atoms with van der Waals surface area (Å²) in [5.41, 5.74) is 0.534. The van der Waals surface area contributed by atoms with Crippen molar-refractivity contribution >= 4 is 22.6 Å². The first-order valence-corrected chi connectivity index (χ1v) is 6.23. The van der Waals surface area contributed by atoms with Crippen LogP contribution in [0.4, 0.5) is 9.93 Å². The standard InChI is InChI=1S/C11H18N2O2S/c1-5-6-8-7-16-9(12-8)13-10(14)15-11(2,3)4/h7H,5-6H2,1-4H3,(H,12,13,14). The van der Waals surface area contributed by atoms with Crippen LogP contribution in [0.2, 0.25) is 0 Å². The van der Waals surface area contributed by atoms with E-state index in [1.54, 1.807) is 0 Å². The second-order valence-electron chi connectivity index (χ2n) is 4.52. The van der Waals surface area contributed by atoms with Gasteiger partial charge in [-0.15, -0.1) is 11.3 Å². The first-order valence-electron chi connectivity index (χ1n) is 5.35. The normalized spacial score (nSPS) is 11.2. The van der Waals surface area contributed by atoms with Crippen molar-refractivity contribution in [3.05, 3.63) is 11.1 Å². The summed E-state index contributed by atoms with van der Waals surface area (Å²) in [5, 5.41) is 5.17. The predicted molar refractivity (Wildman–Crippen MR) is 66.0 cm³/mol. The van der Waals surface area contributed by atoms with Gasteiger partial charge in [-0.3, -0.25) is 5.32 Å². The van der Waals surface area contributed by atoms with Gasteiger partial charge in [-0.2, -0.15) is 0 Å². The Morgan fingerprint density at radius 2 is 2.25 bits per heavy atom. The maximum absolute atomic E-state index is 11.4. The minimum atomic E-state index is -0.479. The highest BCUT2D eigenvalue weighted by molar-refractivity contribution is 7.13. The maximum Gasteiger partial charge on any atom is 0.413 e. The Morgan fingerprint density at radius 3 is 2.81 bits per heavy atom. The van der Waals surface area contributed by atoms with Crippen LogP contribution in [-0.2, 0) is 11.2 Å². The van der Waals surface area contributed by atoms with Crippen LogP contribution in [0.5, 0.6) is 0 Å². The fourth-order valence-corrected chi connectivity index (χ4v) is 1.86. The quantitative estimate of drug-likeness (QED) is 0.883. The lowest BCUT2D eigenvalue weighted by molar-refractivity contribution is 0.0636. The molecule has 0 aromatic carbocycles. The molecule has 0 fully saturated rings. The van der Waals surface area contributed by atoms with E-state index in [1.807, 2.05) is 26.2 Å². The minimum absolute atomic E-state index is 0.454. The van der Waals surface area contributed by atoms with E-state index in [-0.39, 0.29) is 0 Å². The Kier molecular flexibility index (Phi) is 4.29. The van der Waals surface area contributed by atoms with Crippen molar-refractivity contribution in [1.29, 1.82) is 0 Å². The number of anilines is 1. The van der Waals surface area contributed by atoms with Crippen LogP contribution in [0.3, 0.4) is 0 Å². The van der Waals surface area contributed by atoms with Crippen molar-refractivity contribution in [2.45, 2.75) is 46.1 Å². The number of ether oxygens (including phenoxy) is 1. The first kappa shape index (κ1) is 13.0. The zero-order valence-corrected chi connectivity index (χ0v) is 11.0. The Morgan fingerprint density at radius 1 is 1.56 bits per heavy atom. The molecule has 16 heavy (non-hydrogen) atoms. The average molecular weight is 242 g/mol. The van der Waals surface area contributed by atoms with Crippen LogP contribution in [0.15, 0.2) is 5.38 Å². The number of carbonyl (C=O) groups excluding carboxylic acids is 1. The van der Waals surface area contributed by atoms with Crippen LogP contribution in [0.1, 0.15) is 39.8 Å². The number of aryl methyl sites for hydroxylation is 1. The van der Waals surface area contributed by atoms with Gasteiger partial charge in [0.1, 0.15) is 5.60 Å². The molecule has 0 unspecified atom stereocenters. The van der Waals surface area contributed by atoms with E-state index in [4.69, 9.17) is 4.74 Å². The van der Waals surface area contributed by atoms with Gasteiger partial charge in [0.25, 0.3) is 0 Å². The third kappa shape index (κ3) is 4.61. The molecule has 0 bridgehead atoms. The lowest BCUT2D eigenvalue weighted by Crippen LogP contribution is -2.27. The summed E-state index contributed by atoms with van der Waals surface area (Å²) in [4.78, 5) is 15.7. The van der Waals surface area contributed by atoms with E-state index in [2.05, 4.69) is 17.2 Å². The summed E-state index contributed by atoms with van der Waals surface area (Å²) in [6, 6.07) is 0. The van der Waals surface area contributed by atoms with Crippen molar-refractivity contribution in [3.8, 4) is 0 Å². The molecule has 0 saturated carbocycles. The van der Waals surface area contributed by atoms with E-state index < -0.39 is 11.7 Å². The molecule has 1 aromatic rings. The van der Waals surface area contributed by atoms with Crippen molar-refractivity contribution in [3.63, 3.8) is 0 Å². The summed E-state index contributed by atoms with van der Waals surface area (Å²) >= 11 is 1.42. The highest BCUT2D eigenvalue weighted by Crippen LogP contribution is 2.17. The van der Waals surface area contributed by atoms with Crippen LogP contribution < -0.4 is 5.32 Å². The molecule has 0 atom stereocenters. The summed E-state index contributed by atoms with van der Waals surface area (Å²) in [6.07, 6.45) is 1.53. The van der Waals surface area contributed by atoms with Crippen molar-refractivity contribution in [2.75, 3.05) is 5.32 Å². The molecular formula is C11H18N2O2S. The zero-order chi connectivity index (χ0) is 12.2. The fraction of sp³-hybridized carbons (Fsp3) is 0.636. The van der Waals surface area contributed by atoms with Crippen molar-refractivity contribution in [2.24, 2.45) is 0 Å². The molecule has 0 aliphatic carbocycles. The van der Waals surface area contributed by atoms with Gasteiger partial charge in [0.05, 0.1) is 5.69 Å². The maximum atomic E-state index is 11.4. The smallest absolute Gasteiger partial charge is 0.413 e. The monoisotopic (exact) mass is 242 g/mol. The summed E-state index contributed by atoms with van der Waals surface area (Å²) in [7, 11) is 0. The van der Waals surface area contributed by atoms with Gasteiger partial charge in [0.15, 0.2) is 5.13 Å². The molecule has 4 nitrogen and oxygen atoms in total. The molecular weight excluding hydrogens is 224 g/mol. The number of nitrogens with one attached hydrogen (secondary N) is 1. The number of hydrogen-bond donors (Lipinski definition) is 1. The van der Waals surface area contributed by atoms with E-state index in [1.165, 1.54) is 11.3 Å². The van der Waals surface area contributed by atoms with Crippen LogP contribution >= 0.6 is 11.3 Å². The van der Waals surface area contributed by atoms with Gasteiger partial charge >= 0.3 is 6.09 Å². The molecule has 1 N–H and O–H groups in total. The Bertz CT molecular complexity index is 355. The third-order valence-corrected chi connectivity index (χ3v) is 2.47. The molecule has 1 heterocycles. The van der Waals surface area contributed by atoms with Gasteiger partial charge in [0.2, 0.25) is 0 Å². The Hall–Kier alpha value is -1.10. The van der Waals surface area contributed by atoms with E-state index in [0.29, 0.717) is 5.13 Å². The summed E-state index contributed by atoms with van der Waals surface area (Å²) in [6.45, 7) is 7.59. The predicted octanol–water partition coefficient (Wildman–Crippen LogP) is 3.44. The number of aromatic nitrogens is 1. The molecule has 0 aliphatic rings. The van der Waals surface area contributed by atoms with Gasteiger partial charge < -0.3 is 4.74 Å². The van der Waals surface area contributed by atoms with Gasteiger partial charge in [-0.05, 0) is 27.2 Å². The summed E-state index contributed by atoms with van der Waals surface area (Å²) in [5.74, 6) is 0.